The molecule has 6 rings (SSSR count). The van der Waals surface area contributed by atoms with Crippen LogP contribution in [0.3, 0.4) is 0 Å². The molecule has 1 amide bonds. The molecular formula is C33H37N5O5S. The highest BCUT2D eigenvalue weighted by molar-refractivity contribution is 7.89. The summed E-state index contributed by atoms with van der Waals surface area (Å²) in [7, 11) is -3.63. The van der Waals surface area contributed by atoms with Crippen molar-refractivity contribution in [2.45, 2.75) is 30.8 Å². The Morgan fingerprint density at radius 2 is 1.66 bits per heavy atom. The molecule has 1 aromatic heterocycles. The Labute approximate surface area is 258 Å². The van der Waals surface area contributed by atoms with E-state index in [9.17, 15) is 18.0 Å². The lowest BCUT2D eigenvalue weighted by Crippen LogP contribution is -2.54. The number of carbonyl (C=O) groups excluding carboxylic acids is 2. The highest BCUT2D eigenvalue weighted by Gasteiger charge is 2.34. The van der Waals surface area contributed by atoms with Crippen LogP contribution in [0.1, 0.15) is 34.6 Å². The van der Waals surface area contributed by atoms with E-state index in [-0.39, 0.29) is 16.8 Å². The van der Waals surface area contributed by atoms with Crippen molar-refractivity contribution in [1.29, 1.82) is 0 Å². The van der Waals surface area contributed by atoms with Crippen LogP contribution in [-0.4, -0.2) is 86.2 Å². The van der Waals surface area contributed by atoms with Gasteiger partial charge in [-0.25, -0.2) is 13.4 Å². The van der Waals surface area contributed by atoms with Crippen LogP contribution >= 0.6 is 0 Å². The van der Waals surface area contributed by atoms with Crippen molar-refractivity contribution < 1.29 is 22.4 Å². The maximum absolute atomic E-state index is 13.2. The monoisotopic (exact) mass is 615 g/mol. The van der Waals surface area contributed by atoms with Crippen molar-refractivity contribution in [1.82, 2.24) is 19.5 Å². The number of para-hydroxylation sites is 1. The number of piperazine rings is 2. The zero-order chi connectivity index (χ0) is 31.1. The second kappa shape index (κ2) is 14.0. The Bertz CT molecular complexity index is 1650. The molecule has 2 saturated heterocycles. The fourth-order valence-electron chi connectivity index (χ4n) is 5.56. The van der Waals surface area contributed by atoms with Crippen LogP contribution in [0.2, 0.25) is 0 Å². The first-order valence-corrected chi connectivity index (χ1v) is 16.1. The molecule has 44 heavy (non-hydrogen) atoms. The fraction of sp³-hybridized carbons (Fsp3) is 0.303. The normalized spacial score (nSPS) is 19.1. The lowest BCUT2D eigenvalue weighted by molar-refractivity contribution is 0.0709. The average molecular weight is 616 g/mol. The maximum Gasteiger partial charge on any atom is 0.253 e. The second-order valence-corrected chi connectivity index (χ2v) is 12.8. The van der Waals surface area contributed by atoms with Gasteiger partial charge in [-0.3, -0.25) is 9.59 Å². The summed E-state index contributed by atoms with van der Waals surface area (Å²) >= 11 is 0. The summed E-state index contributed by atoms with van der Waals surface area (Å²) in [5, 5.41) is 3.32. The van der Waals surface area contributed by atoms with Crippen LogP contribution in [0.15, 0.2) is 101 Å². The van der Waals surface area contributed by atoms with Crippen molar-refractivity contribution in [3.05, 3.63) is 103 Å². The van der Waals surface area contributed by atoms with Crippen LogP contribution in [0, 0.1) is 0 Å². The number of aldehydes is 1. The van der Waals surface area contributed by atoms with Crippen LogP contribution in [-0.2, 0) is 10.0 Å². The molecular weight excluding hydrogens is 578 g/mol. The summed E-state index contributed by atoms with van der Waals surface area (Å²) in [5.74, 6) is 0.730. The number of rotatable bonds is 6. The Kier molecular flexibility index (Phi) is 9.89. The molecule has 2 aliphatic heterocycles. The quantitative estimate of drug-likeness (QED) is 0.322. The molecule has 11 heteroatoms. The van der Waals surface area contributed by atoms with Gasteiger partial charge in [0.25, 0.3) is 5.91 Å². The average Bonchev–Trinajstić information content (AvgIpc) is 3.60. The van der Waals surface area contributed by atoms with Gasteiger partial charge >= 0.3 is 0 Å². The molecule has 2 unspecified atom stereocenters. The highest BCUT2D eigenvalue weighted by Crippen LogP contribution is 2.28. The first-order valence-electron chi connectivity index (χ1n) is 14.7. The van der Waals surface area contributed by atoms with Crippen molar-refractivity contribution in [3.63, 3.8) is 0 Å². The van der Waals surface area contributed by atoms with E-state index < -0.39 is 10.0 Å². The number of nitrogens with zero attached hydrogens (tertiary/aromatic N) is 4. The first kappa shape index (κ1) is 31.1. The van der Waals surface area contributed by atoms with Gasteiger partial charge in [-0.05, 0) is 62.4 Å². The number of nitrogens with one attached hydrogen (secondary N) is 1. The lowest BCUT2D eigenvalue weighted by Gasteiger charge is -2.40. The molecule has 1 N–H and O–H groups in total. The third kappa shape index (κ3) is 7.07. The molecule has 230 valence electrons. The Hall–Kier alpha value is -4.32. The van der Waals surface area contributed by atoms with E-state index in [1.807, 2.05) is 60.4 Å². The van der Waals surface area contributed by atoms with Gasteiger partial charge in [-0.15, -0.1) is 0 Å². The van der Waals surface area contributed by atoms with Crippen LogP contribution in [0.25, 0.3) is 11.3 Å². The third-order valence-corrected chi connectivity index (χ3v) is 9.85. The van der Waals surface area contributed by atoms with Gasteiger partial charge in [-0.1, -0.05) is 30.3 Å². The van der Waals surface area contributed by atoms with Crippen molar-refractivity contribution in [3.8, 4) is 11.3 Å². The fourth-order valence-corrected chi connectivity index (χ4v) is 7.17. The smallest absolute Gasteiger partial charge is 0.253 e. The zero-order valence-electron chi connectivity index (χ0n) is 24.9. The highest BCUT2D eigenvalue weighted by atomic mass is 32.2. The van der Waals surface area contributed by atoms with Gasteiger partial charge in [0.05, 0.1) is 11.1 Å². The number of sulfonamides is 1. The van der Waals surface area contributed by atoms with Crippen molar-refractivity contribution in [2.24, 2.45) is 0 Å². The van der Waals surface area contributed by atoms with Gasteiger partial charge in [0.15, 0.2) is 18.4 Å². The molecule has 0 aliphatic carbocycles. The number of anilines is 1. The minimum atomic E-state index is -3.63. The van der Waals surface area contributed by atoms with Crippen LogP contribution in [0.5, 0.6) is 0 Å². The van der Waals surface area contributed by atoms with Gasteiger partial charge in [0, 0.05) is 73.7 Å². The molecule has 0 radical (unpaired) electrons. The summed E-state index contributed by atoms with van der Waals surface area (Å²) < 4.78 is 33.1. The zero-order valence-corrected chi connectivity index (χ0v) is 25.7. The topological polar surface area (TPSA) is 116 Å². The van der Waals surface area contributed by atoms with Crippen LogP contribution < -0.4 is 10.2 Å². The number of hydrogen-bond donors (Lipinski definition) is 1. The number of oxazole rings is 1. The van der Waals surface area contributed by atoms with Crippen molar-refractivity contribution >= 4 is 27.9 Å². The summed E-state index contributed by atoms with van der Waals surface area (Å²) in [5.41, 5.74) is 3.00. The Morgan fingerprint density at radius 1 is 0.932 bits per heavy atom. The Balaban J connectivity index is 0.000000215. The minimum Gasteiger partial charge on any atom is -0.444 e. The molecule has 2 aliphatic rings. The number of amides is 1. The number of aromatic nitrogens is 1. The molecule has 3 heterocycles. The van der Waals surface area contributed by atoms with Crippen LogP contribution in [0.4, 0.5) is 5.69 Å². The second-order valence-electron chi connectivity index (χ2n) is 10.9. The summed E-state index contributed by atoms with van der Waals surface area (Å²) in [6.07, 6.45) is 3.76. The van der Waals surface area contributed by atoms with E-state index in [4.69, 9.17) is 4.42 Å². The van der Waals surface area contributed by atoms with Gasteiger partial charge < -0.3 is 19.5 Å². The Morgan fingerprint density at radius 3 is 2.32 bits per heavy atom. The number of benzene rings is 3. The number of carbonyl (C=O) groups is 2. The molecule has 10 nitrogen and oxygen atoms in total. The van der Waals surface area contributed by atoms with E-state index in [1.54, 1.807) is 36.5 Å². The minimum absolute atomic E-state index is 0.143. The van der Waals surface area contributed by atoms with E-state index in [0.29, 0.717) is 37.0 Å². The van der Waals surface area contributed by atoms with Crippen molar-refractivity contribution in [2.75, 3.05) is 44.2 Å². The standard InChI is InChI=1S/C21H21N3O4S.C12H16N2O/c1-16-13-23(20-5-3-2-4-18(20)14-25)10-11-24(16)29(26,27)19-8-6-17(7-9-19)21-12-22-15-28-21;1-10-9-14(8-7-13-10)12(15)11-5-3-2-4-6-11/h2-9,12,14-16H,10-11,13H2,1H3;2-6,10,13H,7-9H2,1H3. The molecule has 0 bridgehead atoms. The summed E-state index contributed by atoms with van der Waals surface area (Å²) in [6.45, 7) is 7.86. The predicted octanol–water partition coefficient (Wildman–Crippen LogP) is 4.17. The summed E-state index contributed by atoms with van der Waals surface area (Å²) in [6, 6.07) is 23.6. The largest absolute Gasteiger partial charge is 0.444 e. The van der Waals surface area contributed by atoms with Gasteiger partial charge in [0.2, 0.25) is 10.0 Å². The van der Waals surface area contributed by atoms with E-state index in [1.165, 1.54) is 10.7 Å². The first-order chi connectivity index (χ1) is 21.3. The van der Waals surface area contributed by atoms with E-state index >= 15 is 0 Å². The van der Waals surface area contributed by atoms with E-state index in [2.05, 4.69) is 22.1 Å². The van der Waals surface area contributed by atoms with Gasteiger partial charge in [-0.2, -0.15) is 4.31 Å². The summed E-state index contributed by atoms with van der Waals surface area (Å²) in [4.78, 5) is 31.5. The van der Waals surface area contributed by atoms with E-state index in [0.717, 1.165) is 42.7 Å². The molecule has 0 saturated carbocycles. The molecule has 4 aromatic rings. The third-order valence-electron chi connectivity index (χ3n) is 7.83. The number of hydrogen-bond acceptors (Lipinski definition) is 8. The maximum atomic E-state index is 13.2. The SMILES string of the molecule is CC1CN(C(=O)c2ccccc2)CCN1.CC1CN(c2ccccc2C=O)CCN1S(=O)(=O)c1ccc(-c2cnco2)cc1. The predicted molar refractivity (Wildman–Crippen MR) is 169 cm³/mol. The molecule has 2 atom stereocenters. The van der Waals surface area contributed by atoms with Gasteiger partial charge in [0.1, 0.15) is 0 Å². The lowest BCUT2D eigenvalue weighted by atomic mass is 10.1. The molecule has 2 fully saturated rings. The molecule has 0 spiro atoms. The molecule has 3 aromatic carbocycles.